The van der Waals surface area contributed by atoms with E-state index in [0.29, 0.717) is 5.56 Å². The van der Waals surface area contributed by atoms with Crippen molar-refractivity contribution in [3.63, 3.8) is 0 Å². The molecule has 0 saturated carbocycles. The van der Waals surface area contributed by atoms with Crippen LogP contribution in [0.3, 0.4) is 0 Å². The highest BCUT2D eigenvalue weighted by molar-refractivity contribution is 7.89. The summed E-state index contributed by atoms with van der Waals surface area (Å²) >= 11 is 0. The van der Waals surface area contributed by atoms with Gasteiger partial charge in [0, 0.05) is 37.1 Å². The maximum Gasteiger partial charge on any atom is 0.271 e. The summed E-state index contributed by atoms with van der Waals surface area (Å²) in [6.45, 7) is 7.81. The van der Waals surface area contributed by atoms with Gasteiger partial charge in [0.05, 0.1) is 10.5 Å². The number of amides is 2. The SMILES string of the molecule is Cc1cc(C(=O)NNC(=O)c2cccc(S(=O)(=O)N(C)C)c2)c(C)n1C(C)C. The summed E-state index contributed by atoms with van der Waals surface area (Å²) in [5.74, 6) is -1.05. The number of benzene rings is 1. The van der Waals surface area contributed by atoms with Crippen molar-refractivity contribution in [1.82, 2.24) is 19.7 Å². The summed E-state index contributed by atoms with van der Waals surface area (Å²) in [7, 11) is -0.835. The van der Waals surface area contributed by atoms with Crippen molar-refractivity contribution in [2.45, 2.75) is 38.6 Å². The minimum atomic E-state index is -3.66. The number of hydrogen-bond acceptors (Lipinski definition) is 4. The Bertz CT molecular complexity index is 1010. The van der Waals surface area contributed by atoms with Crippen LogP contribution in [0.5, 0.6) is 0 Å². The van der Waals surface area contributed by atoms with Crippen LogP contribution in [-0.2, 0) is 10.0 Å². The molecular weight excluding hydrogens is 380 g/mol. The molecule has 0 radical (unpaired) electrons. The first-order chi connectivity index (χ1) is 13.0. The maximum absolute atomic E-state index is 12.5. The number of sulfonamides is 1. The van der Waals surface area contributed by atoms with Gasteiger partial charge in [-0.15, -0.1) is 0 Å². The van der Waals surface area contributed by atoms with E-state index in [1.54, 1.807) is 6.07 Å². The zero-order valence-electron chi connectivity index (χ0n) is 16.9. The molecule has 152 valence electrons. The van der Waals surface area contributed by atoms with Crippen molar-refractivity contribution < 1.29 is 18.0 Å². The monoisotopic (exact) mass is 406 g/mol. The number of carbonyl (C=O) groups excluding carboxylic acids is 2. The molecule has 0 atom stereocenters. The topological polar surface area (TPSA) is 101 Å². The van der Waals surface area contributed by atoms with Crippen LogP contribution < -0.4 is 10.9 Å². The molecule has 1 aromatic heterocycles. The normalized spacial score (nSPS) is 11.7. The van der Waals surface area contributed by atoms with Crippen LogP contribution in [0.1, 0.15) is 52.0 Å². The van der Waals surface area contributed by atoms with Gasteiger partial charge in [-0.25, -0.2) is 12.7 Å². The second-order valence-corrected chi connectivity index (χ2v) is 9.12. The predicted molar refractivity (Wildman–Crippen MR) is 107 cm³/mol. The molecule has 0 fully saturated rings. The molecule has 1 aromatic carbocycles. The number of hydrogen-bond donors (Lipinski definition) is 2. The van der Waals surface area contributed by atoms with Gasteiger partial charge in [0.15, 0.2) is 0 Å². The molecule has 2 aromatic rings. The highest BCUT2D eigenvalue weighted by Crippen LogP contribution is 2.20. The van der Waals surface area contributed by atoms with Crippen LogP contribution in [-0.4, -0.2) is 43.2 Å². The van der Waals surface area contributed by atoms with Crippen LogP contribution >= 0.6 is 0 Å². The highest BCUT2D eigenvalue weighted by atomic mass is 32.2. The summed E-state index contributed by atoms with van der Waals surface area (Å²) in [5.41, 5.74) is 7.06. The number of aryl methyl sites for hydroxylation is 1. The third kappa shape index (κ3) is 4.26. The molecule has 1 heterocycles. The number of hydrazine groups is 1. The van der Waals surface area contributed by atoms with Gasteiger partial charge in [0.25, 0.3) is 11.8 Å². The van der Waals surface area contributed by atoms with Gasteiger partial charge < -0.3 is 4.57 Å². The second-order valence-electron chi connectivity index (χ2n) is 6.97. The fourth-order valence-electron chi connectivity index (χ4n) is 3.06. The second kappa shape index (κ2) is 8.15. The van der Waals surface area contributed by atoms with Crippen molar-refractivity contribution in [2.75, 3.05) is 14.1 Å². The Labute approximate surface area is 165 Å². The quantitative estimate of drug-likeness (QED) is 0.742. The van der Waals surface area contributed by atoms with Crippen molar-refractivity contribution in [2.24, 2.45) is 0 Å². The van der Waals surface area contributed by atoms with E-state index in [0.717, 1.165) is 15.7 Å². The third-order valence-corrected chi connectivity index (χ3v) is 6.22. The fraction of sp³-hybridized carbons (Fsp3) is 0.368. The average Bonchev–Trinajstić information content (AvgIpc) is 2.93. The Hall–Kier alpha value is -2.65. The van der Waals surface area contributed by atoms with E-state index in [-0.39, 0.29) is 16.5 Å². The first-order valence-corrected chi connectivity index (χ1v) is 10.2. The predicted octanol–water partition coefficient (Wildman–Crippen LogP) is 2.01. The summed E-state index contributed by atoms with van der Waals surface area (Å²) in [4.78, 5) is 24.8. The fourth-order valence-corrected chi connectivity index (χ4v) is 4.01. The summed E-state index contributed by atoms with van der Waals surface area (Å²) in [6.07, 6.45) is 0. The van der Waals surface area contributed by atoms with E-state index >= 15 is 0 Å². The summed E-state index contributed by atoms with van der Waals surface area (Å²) < 4.78 is 27.5. The van der Waals surface area contributed by atoms with Crippen molar-refractivity contribution in [3.05, 3.63) is 52.8 Å². The zero-order chi connectivity index (χ0) is 21.2. The van der Waals surface area contributed by atoms with Crippen molar-refractivity contribution in [3.8, 4) is 0 Å². The van der Waals surface area contributed by atoms with Gasteiger partial charge >= 0.3 is 0 Å². The first-order valence-electron chi connectivity index (χ1n) is 8.78. The van der Waals surface area contributed by atoms with Crippen LogP contribution in [0.4, 0.5) is 0 Å². The molecule has 2 amide bonds. The van der Waals surface area contributed by atoms with Gasteiger partial charge in [-0.1, -0.05) is 6.07 Å². The highest BCUT2D eigenvalue weighted by Gasteiger charge is 2.20. The standard InChI is InChI=1S/C19H26N4O4S/c1-12(2)23-13(3)10-17(14(23)4)19(25)21-20-18(24)15-8-7-9-16(11-15)28(26,27)22(5)6/h7-12H,1-6H3,(H,20,24)(H,21,25). The van der Waals surface area contributed by atoms with Crippen LogP contribution in [0.25, 0.3) is 0 Å². The molecule has 0 aliphatic heterocycles. The molecule has 2 N–H and O–H groups in total. The third-order valence-electron chi connectivity index (χ3n) is 4.41. The Morgan fingerprint density at radius 3 is 2.18 bits per heavy atom. The number of nitrogens with one attached hydrogen (secondary N) is 2. The van der Waals surface area contributed by atoms with Gasteiger partial charge in [0.2, 0.25) is 10.0 Å². The van der Waals surface area contributed by atoms with E-state index in [1.165, 1.54) is 38.4 Å². The summed E-state index contributed by atoms with van der Waals surface area (Å²) in [6, 6.07) is 7.59. The molecule has 28 heavy (non-hydrogen) atoms. The van der Waals surface area contributed by atoms with E-state index < -0.39 is 21.8 Å². The molecule has 9 heteroatoms. The molecular formula is C19H26N4O4S. The van der Waals surface area contributed by atoms with E-state index in [2.05, 4.69) is 10.9 Å². The van der Waals surface area contributed by atoms with Gasteiger partial charge in [0.1, 0.15) is 0 Å². The molecule has 0 aliphatic carbocycles. The van der Waals surface area contributed by atoms with E-state index in [4.69, 9.17) is 0 Å². The number of aromatic nitrogens is 1. The Morgan fingerprint density at radius 1 is 1.04 bits per heavy atom. The molecule has 2 rings (SSSR count). The number of rotatable bonds is 5. The van der Waals surface area contributed by atoms with Crippen LogP contribution in [0.15, 0.2) is 35.2 Å². The van der Waals surface area contributed by atoms with Gasteiger partial charge in [-0.05, 0) is 52.0 Å². The van der Waals surface area contributed by atoms with Crippen molar-refractivity contribution in [1.29, 1.82) is 0 Å². The number of carbonyl (C=O) groups is 2. The minimum absolute atomic E-state index is 0.00282. The molecule has 0 unspecified atom stereocenters. The molecule has 0 bridgehead atoms. The lowest BCUT2D eigenvalue weighted by Crippen LogP contribution is -2.41. The summed E-state index contributed by atoms with van der Waals surface area (Å²) in [5, 5.41) is 0. The smallest absolute Gasteiger partial charge is 0.271 e. The van der Waals surface area contributed by atoms with E-state index in [9.17, 15) is 18.0 Å². The molecule has 0 saturated heterocycles. The molecule has 0 spiro atoms. The molecule has 0 aliphatic rings. The largest absolute Gasteiger partial charge is 0.346 e. The lowest BCUT2D eigenvalue weighted by Gasteiger charge is -2.14. The van der Waals surface area contributed by atoms with E-state index in [1.807, 2.05) is 32.3 Å². The average molecular weight is 407 g/mol. The van der Waals surface area contributed by atoms with Crippen molar-refractivity contribution >= 4 is 21.8 Å². The minimum Gasteiger partial charge on any atom is -0.346 e. The maximum atomic E-state index is 12.5. The lowest BCUT2D eigenvalue weighted by atomic mass is 10.2. The van der Waals surface area contributed by atoms with Crippen LogP contribution in [0.2, 0.25) is 0 Å². The Balaban J connectivity index is 2.15. The first kappa shape index (κ1) is 21.6. The van der Waals surface area contributed by atoms with Gasteiger partial charge in [-0.3, -0.25) is 20.4 Å². The Kier molecular flexibility index (Phi) is 6.30. The zero-order valence-corrected chi connectivity index (χ0v) is 17.7. The van der Waals surface area contributed by atoms with Gasteiger partial charge in [-0.2, -0.15) is 0 Å². The molecule has 8 nitrogen and oxygen atoms in total. The lowest BCUT2D eigenvalue weighted by molar-refractivity contribution is 0.0846. The van der Waals surface area contributed by atoms with Crippen LogP contribution in [0, 0.1) is 13.8 Å². The Morgan fingerprint density at radius 2 is 1.64 bits per heavy atom. The number of nitrogens with zero attached hydrogens (tertiary/aromatic N) is 2.